The lowest BCUT2D eigenvalue weighted by atomic mass is 10.0. The van der Waals surface area contributed by atoms with Crippen molar-refractivity contribution in [2.75, 3.05) is 10.8 Å². The molecular formula is C31H27NO7S2. The van der Waals surface area contributed by atoms with Gasteiger partial charge in [-0.05, 0) is 74.0 Å². The standard InChI is InChI=1S/C31H27NO7S2/c1-21-8-13-27(14-9-21)40(34,35)32(41(36,37)28-15-10-22(2)11-16-28)26-12-17-30-24(20-26)19-25(31(33)39-30)18-23-6-4-5-7-29(23)38-3/h4-17,19-20H,18H2,1-3H3. The SMILES string of the molecule is COc1ccccc1Cc1cc2cc(N(S(=O)(=O)c3ccc(C)cc3)S(=O)(=O)c3ccc(C)cc3)ccc2oc1=O. The largest absolute Gasteiger partial charge is 0.496 e. The van der Waals surface area contributed by atoms with E-state index in [-0.39, 0.29) is 27.5 Å². The molecule has 0 aliphatic rings. The van der Waals surface area contributed by atoms with Crippen LogP contribution in [0.25, 0.3) is 11.0 Å². The van der Waals surface area contributed by atoms with Crippen LogP contribution in [-0.4, -0.2) is 23.9 Å². The molecule has 0 unspecified atom stereocenters. The molecule has 10 heteroatoms. The Bertz CT molecular complexity index is 1940. The number of hydrogen-bond acceptors (Lipinski definition) is 7. The first kappa shape index (κ1) is 28.1. The van der Waals surface area contributed by atoms with E-state index in [1.807, 2.05) is 18.2 Å². The van der Waals surface area contributed by atoms with Gasteiger partial charge in [0, 0.05) is 17.4 Å². The Labute approximate surface area is 238 Å². The molecule has 5 rings (SSSR count). The molecule has 0 saturated carbocycles. The first-order valence-corrected chi connectivity index (χ1v) is 15.5. The van der Waals surface area contributed by atoms with Gasteiger partial charge in [-0.15, -0.1) is 0 Å². The van der Waals surface area contributed by atoms with Crippen LogP contribution in [0, 0.1) is 13.8 Å². The zero-order chi connectivity index (χ0) is 29.4. The molecule has 1 heterocycles. The Morgan fingerprint density at radius 1 is 0.707 bits per heavy atom. The van der Waals surface area contributed by atoms with Gasteiger partial charge in [-0.25, -0.2) is 21.6 Å². The normalized spacial score (nSPS) is 11.9. The molecule has 0 bridgehead atoms. The quantitative estimate of drug-likeness (QED) is 0.217. The van der Waals surface area contributed by atoms with Crippen molar-refractivity contribution in [1.29, 1.82) is 0 Å². The first-order valence-electron chi connectivity index (χ1n) is 12.6. The van der Waals surface area contributed by atoms with Gasteiger partial charge in [-0.3, -0.25) is 0 Å². The highest BCUT2D eigenvalue weighted by Crippen LogP contribution is 2.33. The molecule has 0 atom stereocenters. The number of aryl methyl sites for hydroxylation is 2. The summed E-state index contributed by atoms with van der Waals surface area (Å²) in [4.78, 5) is 12.4. The van der Waals surface area contributed by atoms with E-state index in [1.54, 1.807) is 50.2 Å². The molecule has 0 N–H and O–H groups in total. The predicted octanol–water partition coefficient (Wildman–Crippen LogP) is 5.59. The van der Waals surface area contributed by atoms with Crippen molar-refractivity contribution in [3.63, 3.8) is 0 Å². The Morgan fingerprint density at radius 2 is 1.27 bits per heavy atom. The number of para-hydroxylation sites is 1. The van der Waals surface area contributed by atoms with Crippen molar-refractivity contribution in [2.24, 2.45) is 0 Å². The fourth-order valence-electron chi connectivity index (χ4n) is 4.46. The van der Waals surface area contributed by atoms with Crippen molar-refractivity contribution in [1.82, 2.24) is 0 Å². The molecule has 0 spiro atoms. The summed E-state index contributed by atoms with van der Waals surface area (Å²) < 4.78 is 67.2. The van der Waals surface area contributed by atoms with Gasteiger partial charge in [0.05, 0.1) is 22.6 Å². The molecule has 0 fully saturated rings. The van der Waals surface area contributed by atoms with Crippen molar-refractivity contribution >= 4 is 36.7 Å². The van der Waals surface area contributed by atoms with E-state index in [2.05, 4.69) is 0 Å². The van der Waals surface area contributed by atoms with Crippen LogP contribution in [0.5, 0.6) is 5.75 Å². The summed E-state index contributed by atoms with van der Waals surface area (Å²) in [5, 5.41) is 0.357. The predicted molar refractivity (Wildman–Crippen MR) is 157 cm³/mol. The fourth-order valence-corrected chi connectivity index (χ4v) is 8.14. The van der Waals surface area contributed by atoms with Gasteiger partial charge in [0.25, 0.3) is 20.0 Å². The van der Waals surface area contributed by atoms with Crippen LogP contribution in [0.1, 0.15) is 22.3 Å². The maximum Gasteiger partial charge on any atom is 0.339 e. The second-order valence-corrected chi connectivity index (χ2v) is 13.4. The minimum absolute atomic E-state index is 0.129. The Kier molecular flexibility index (Phi) is 7.46. The summed E-state index contributed by atoms with van der Waals surface area (Å²) >= 11 is 0. The third-order valence-electron chi connectivity index (χ3n) is 6.65. The van der Waals surface area contributed by atoms with Gasteiger partial charge in [-0.2, -0.15) is 3.71 Å². The van der Waals surface area contributed by atoms with Crippen molar-refractivity contribution in [3.8, 4) is 5.75 Å². The Hall–Kier alpha value is -4.41. The maximum atomic E-state index is 14.0. The van der Waals surface area contributed by atoms with Crippen LogP contribution in [0.15, 0.2) is 116 Å². The summed E-state index contributed by atoms with van der Waals surface area (Å²) in [6.07, 6.45) is 0.194. The fraction of sp³-hybridized carbons (Fsp3) is 0.129. The van der Waals surface area contributed by atoms with Gasteiger partial charge in [0.1, 0.15) is 11.3 Å². The van der Waals surface area contributed by atoms with E-state index in [4.69, 9.17) is 9.15 Å². The number of hydrogen-bond donors (Lipinski definition) is 0. The molecule has 0 aliphatic carbocycles. The highest BCUT2D eigenvalue weighted by Gasteiger charge is 2.37. The van der Waals surface area contributed by atoms with Gasteiger partial charge in [0.2, 0.25) is 0 Å². The smallest absolute Gasteiger partial charge is 0.339 e. The van der Waals surface area contributed by atoms with Crippen LogP contribution in [0.4, 0.5) is 5.69 Å². The highest BCUT2D eigenvalue weighted by atomic mass is 32.3. The molecule has 0 aliphatic heterocycles. The van der Waals surface area contributed by atoms with Crippen LogP contribution in [0.2, 0.25) is 0 Å². The highest BCUT2D eigenvalue weighted by molar-refractivity contribution is 8.10. The van der Waals surface area contributed by atoms with Gasteiger partial charge < -0.3 is 9.15 Å². The third kappa shape index (κ3) is 5.48. The number of anilines is 1. The van der Waals surface area contributed by atoms with Crippen LogP contribution >= 0.6 is 0 Å². The van der Waals surface area contributed by atoms with Gasteiger partial charge in [-0.1, -0.05) is 53.6 Å². The third-order valence-corrected chi connectivity index (χ3v) is 10.9. The number of ether oxygens (including phenoxy) is 1. The van der Waals surface area contributed by atoms with Gasteiger partial charge >= 0.3 is 5.63 Å². The monoisotopic (exact) mass is 589 g/mol. The zero-order valence-corrected chi connectivity index (χ0v) is 24.2. The maximum absolute atomic E-state index is 14.0. The average molecular weight is 590 g/mol. The van der Waals surface area contributed by atoms with E-state index in [0.717, 1.165) is 16.7 Å². The summed E-state index contributed by atoms with van der Waals surface area (Å²) in [6.45, 7) is 3.61. The lowest BCUT2D eigenvalue weighted by Gasteiger charge is -2.24. The molecule has 8 nitrogen and oxygen atoms in total. The lowest BCUT2D eigenvalue weighted by molar-refractivity contribution is 0.410. The minimum Gasteiger partial charge on any atom is -0.496 e. The number of rotatable bonds is 8. The summed E-state index contributed by atoms with van der Waals surface area (Å²) in [5.41, 5.74) is 2.18. The number of methoxy groups -OCH3 is 1. The number of benzene rings is 4. The molecule has 1 aromatic heterocycles. The molecule has 0 saturated heterocycles. The average Bonchev–Trinajstić information content (AvgIpc) is 2.94. The summed E-state index contributed by atoms with van der Waals surface area (Å²) in [7, 11) is -7.66. The second-order valence-electron chi connectivity index (χ2n) is 9.60. The molecule has 0 radical (unpaired) electrons. The van der Waals surface area contributed by atoms with Crippen LogP contribution in [0.3, 0.4) is 0 Å². The van der Waals surface area contributed by atoms with Crippen molar-refractivity contribution in [3.05, 3.63) is 130 Å². The van der Waals surface area contributed by atoms with Crippen molar-refractivity contribution < 1.29 is 26.0 Å². The number of sulfonamides is 2. The van der Waals surface area contributed by atoms with E-state index in [9.17, 15) is 21.6 Å². The first-order chi connectivity index (χ1) is 19.5. The molecule has 41 heavy (non-hydrogen) atoms. The zero-order valence-electron chi connectivity index (χ0n) is 22.6. The Balaban J connectivity index is 1.69. The van der Waals surface area contributed by atoms with Crippen LogP contribution in [-0.2, 0) is 26.5 Å². The van der Waals surface area contributed by atoms with Gasteiger partial charge in [0.15, 0.2) is 0 Å². The summed E-state index contributed by atoms with van der Waals surface area (Å²) in [6, 6.07) is 24.8. The molecule has 5 aromatic rings. The topological polar surface area (TPSA) is 111 Å². The summed E-state index contributed by atoms with van der Waals surface area (Å²) in [5.74, 6) is 0.598. The number of fused-ring (bicyclic) bond motifs is 1. The molecular weight excluding hydrogens is 562 g/mol. The molecule has 210 valence electrons. The molecule has 4 aromatic carbocycles. The lowest BCUT2D eigenvalue weighted by Crippen LogP contribution is -2.37. The number of nitrogens with zero attached hydrogens (tertiary/aromatic N) is 1. The van der Waals surface area contributed by atoms with E-state index < -0.39 is 25.7 Å². The van der Waals surface area contributed by atoms with Crippen molar-refractivity contribution in [2.45, 2.75) is 30.1 Å². The van der Waals surface area contributed by atoms with E-state index in [0.29, 0.717) is 20.4 Å². The van der Waals surface area contributed by atoms with E-state index in [1.165, 1.54) is 49.6 Å². The minimum atomic E-state index is -4.59. The second kappa shape index (κ2) is 10.9. The van der Waals surface area contributed by atoms with Crippen LogP contribution < -0.4 is 14.1 Å². The Morgan fingerprint density at radius 3 is 1.83 bits per heavy atom. The molecule has 0 amide bonds. The van der Waals surface area contributed by atoms with E-state index >= 15 is 0 Å².